The van der Waals surface area contributed by atoms with Gasteiger partial charge in [0.1, 0.15) is 0 Å². The molecule has 4 heteroatoms. The third-order valence-corrected chi connectivity index (χ3v) is 3.52. The first kappa shape index (κ1) is 11.9. The van der Waals surface area contributed by atoms with Gasteiger partial charge in [0.25, 0.3) is 0 Å². The lowest BCUT2D eigenvalue weighted by Crippen LogP contribution is -2.29. The zero-order valence-corrected chi connectivity index (χ0v) is 10.2. The fourth-order valence-corrected chi connectivity index (χ4v) is 2.46. The van der Waals surface area contributed by atoms with Gasteiger partial charge in [0.15, 0.2) is 0 Å². The molecule has 4 N–H and O–H groups in total. The quantitative estimate of drug-likeness (QED) is 0.755. The highest BCUT2D eigenvalue weighted by Crippen LogP contribution is 2.31. The predicted molar refractivity (Wildman–Crippen MR) is 67.1 cm³/mol. The minimum atomic E-state index is 0.329. The van der Waals surface area contributed by atoms with E-state index in [2.05, 4.69) is 29.9 Å². The molecular weight excluding hydrogens is 222 g/mol. The zero-order chi connectivity index (χ0) is 11.5. The van der Waals surface area contributed by atoms with Crippen LogP contribution in [0.5, 0.6) is 0 Å². The Kier molecular flexibility index (Phi) is 3.82. The average Bonchev–Trinajstić information content (AvgIpc) is 2.63. The van der Waals surface area contributed by atoms with E-state index in [0.717, 1.165) is 18.0 Å². The Morgan fingerprint density at radius 2 is 1.94 bits per heavy atom. The Hall–Kier alpha value is -0.610. The molecular formula is C12H18ClN3. The van der Waals surface area contributed by atoms with Gasteiger partial charge in [-0.25, -0.2) is 5.43 Å². The van der Waals surface area contributed by atoms with Crippen molar-refractivity contribution in [3.05, 3.63) is 34.9 Å². The largest absolute Gasteiger partial charge is 0.330 e. The molecule has 2 rings (SSSR count). The summed E-state index contributed by atoms with van der Waals surface area (Å²) in [5, 5.41) is 0.776. The van der Waals surface area contributed by atoms with Crippen molar-refractivity contribution in [2.45, 2.75) is 25.4 Å². The number of rotatable bonds is 3. The van der Waals surface area contributed by atoms with Crippen LogP contribution in [0.1, 0.15) is 24.9 Å². The van der Waals surface area contributed by atoms with Crippen molar-refractivity contribution in [3.8, 4) is 0 Å². The van der Waals surface area contributed by atoms with Crippen LogP contribution in [0.3, 0.4) is 0 Å². The first-order valence-corrected chi connectivity index (χ1v) is 6.06. The number of hydrazine groups is 1. The summed E-state index contributed by atoms with van der Waals surface area (Å²) in [4.78, 5) is 0. The van der Waals surface area contributed by atoms with Crippen molar-refractivity contribution in [1.82, 2.24) is 10.9 Å². The normalized spacial score (nSPS) is 29.6. The molecule has 0 aliphatic carbocycles. The van der Waals surface area contributed by atoms with Gasteiger partial charge in [-0.15, -0.1) is 0 Å². The average molecular weight is 240 g/mol. The molecule has 0 aromatic heterocycles. The van der Waals surface area contributed by atoms with Gasteiger partial charge in [-0.3, -0.25) is 5.43 Å². The summed E-state index contributed by atoms with van der Waals surface area (Å²) in [6.45, 7) is 2.91. The zero-order valence-electron chi connectivity index (χ0n) is 9.41. The van der Waals surface area contributed by atoms with Crippen LogP contribution in [0.4, 0.5) is 0 Å². The van der Waals surface area contributed by atoms with E-state index < -0.39 is 0 Å². The Morgan fingerprint density at radius 3 is 2.56 bits per heavy atom. The highest BCUT2D eigenvalue weighted by molar-refractivity contribution is 6.30. The molecule has 0 radical (unpaired) electrons. The molecule has 88 valence electrons. The van der Waals surface area contributed by atoms with Crippen LogP contribution in [0.25, 0.3) is 0 Å². The lowest BCUT2D eigenvalue weighted by Gasteiger charge is -2.20. The molecule has 3 nitrogen and oxygen atoms in total. The molecule has 1 aromatic rings. The summed E-state index contributed by atoms with van der Waals surface area (Å²) in [7, 11) is 0. The third kappa shape index (κ3) is 2.38. The molecule has 1 aliphatic heterocycles. The van der Waals surface area contributed by atoms with Gasteiger partial charge in [-0.2, -0.15) is 0 Å². The Balaban J connectivity index is 2.16. The molecule has 0 spiro atoms. The minimum absolute atomic E-state index is 0.329. The lowest BCUT2D eigenvalue weighted by atomic mass is 9.88. The maximum Gasteiger partial charge on any atom is 0.0506 e. The maximum atomic E-state index is 5.89. The van der Waals surface area contributed by atoms with Crippen LogP contribution >= 0.6 is 11.6 Å². The van der Waals surface area contributed by atoms with Crippen LogP contribution in [0.15, 0.2) is 24.3 Å². The molecule has 0 amide bonds. The topological polar surface area (TPSA) is 50.1 Å². The second-order valence-corrected chi connectivity index (χ2v) is 4.78. The van der Waals surface area contributed by atoms with Crippen LogP contribution in [-0.2, 0) is 0 Å². The summed E-state index contributed by atoms with van der Waals surface area (Å²) in [6.07, 6.45) is 1.02. The molecule has 16 heavy (non-hydrogen) atoms. The van der Waals surface area contributed by atoms with E-state index in [1.807, 2.05) is 12.1 Å². The van der Waals surface area contributed by atoms with Crippen LogP contribution in [-0.4, -0.2) is 12.6 Å². The van der Waals surface area contributed by atoms with E-state index in [-0.39, 0.29) is 0 Å². The first-order valence-electron chi connectivity index (χ1n) is 5.69. The number of benzene rings is 1. The van der Waals surface area contributed by atoms with Gasteiger partial charge in [0, 0.05) is 11.1 Å². The standard InChI is InChI=1S/C12H18ClN3/c1-8-11(6-7-14)12(16-15-8)9-2-4-10(13)5-3-9/h2-5,8,11-12,15-16H,6-7,14H2,1H3. The predicted octanol–water partition coefficient (Wildman–Crippen LogP) is 1.84. The van der Waals surface area contributed by atoms with E-state index in [1.54, 1.807) is 0 Å². The van der Waals surface area contributed by atoms with E-state index in [4.69, 9.17) is 17.3 Å². The van der Waals surface area contributed by atoms with Crippen molar-refractivity contribution < 1.29 is 0 Å². The summed E-state index contributed by atoms with van der Waals surface area (Å²) in [5.74, 6) is 0.533. The number of hydrogen-bond acceptors (Lipinski definition) is 3. The van der Waals surface area contributed by atoms with Crippen molar-refractivity contribution in [2.24, 2.45) is 11.7 Å². The molecule has 3 atom stereocenters. The SMILES string of the molecule is CC1NNC(c2ccc(Cl)cc2)C1CCN. The molecule has 1 aliphatic rings. The highest BCUT2D eigenvalue weighted by atomic mass is 35.5. The van der Waals surface area contributed by atoms with Crippen molar-refractivity contribution in [1.29, 1.82) is 0 Å². The highest BCUT2D eigenvalue weighted by Gasteiger charge is 2.32. The molecule has 1 fully saturated rings. The van der Waals surface area contributed by atoms with Gasteiger partial charge in [0.2, 0.25) is 0 Å². The molecule has 0 saturated carbocycles. The van der Waals surface area contributed by atoms with E-state index in [0.29, 0.717) is 18.0 Å². The van der Waals surface area contributed by atoms with Crippen LogP contribution < -0.4 is 16.6 Å². The summed E-state index contributed by atoms with van der Waals surface area (Å²) < 4.78 is 0. The van der Waals surface area contributed by atoms with E-state index in [1.165, 1.54) is 5.56 Å². The third-order valence-electron chi connectivity index (χ3n) is 3.27. The first-order chi connectivity index (χ1) is 7.72. The summed E-state index contributed by atoms with van der Waals surface area (Å²) >= 11 is 5.89. The monoisotopic (exact) mass is 239 g/mol. The van der Waals surface area contributed by atoms with Gasteiger partial charge in [0.05, 0.1) is 6.04 Å². The number of nitrogens with two attached hydrogens (primary N) is 1. The van der Waals surface area contributed by atoms with E-state index in [9.17, 15) is 0 Å². The number of halogens is 1. The fraction of sp³-hybridized carbons (Fsp3) is 0.500. The Morgan fingerprint density at radius 1 is 1.25 bits per heavy atom. The second kappa shape index (κ2) is 5.15. The minimum Gasteiger partial charge on any atom is -0.330 e. The summed E-state index contributed by atoms with van der Waals surface area (Å²) in [6, 6.07) is 8.79. The van der Waals surface area contributed by atoms with Crippen molar-refractivity contribution in [2.75, 3.05) is 6.54 Å². The van der Waals surface area contributed by atoms with Crippen molar-refractivity contribution in [3.63, 3.8) is 0 Å². The Bertz CT molecular complexity index is 339. The maximum absolute atomic E-state index is 5.89. The van der Waals surface area contributed by atoms with Gasteiger partial charge >= 0.3 is 0 Å². The smallest absolute Gasteiger partial charge is 0.0506 e. The van der Waals surface area contributed by atoms with Gasteiger partial charge in [-0.1, -0.05) is 23.7 Å². The lowest BCUT2D eigenvalue weighted by molar-refractivity contribution is 0.410. The molecule has 0 bridgehead atoms. The Labute approximate surface area is 101 Å². The van der Waals surface area contributed by atoms with Crippen LogP contribution in [0.2, 0.25) is 5.02 Å². The van der Waals surface area contributed by atoms with Crippen molar-refractivity contribution >= 4 is 11.6 Å². The molecule has 3 unspecified atom stereocenters. The second-order valence-electron chi connectivity index (χ2n) is 4.35. The molecule has 1 heterocycles. The fourth-order valence-electron chi connectivity index (χ4n) is 2.33. The van der Waals surface area contributed by atoms with Gasteiger partial charge < -0.3 is 5.73 Å². The van der Waals surface area contributed by atoms with Gasteiger partial charge in [-0.05, 0) is 43.5 Å². The summed E-state index contributed by atoms with van der Waals surface area (Å²) in [5.41, 5.74) is 13.5. The number of hydrogen-bond donors (Lipinski definition) is 3. The van der Waals surface area contributed by atoms with E-state index >= 15 is 0 Å². The molecule has 1 saturated heterocycles. The van der Waals surface area contributed by atoms with Crippen LogP contribution in [0, 0.1) is 5.92 Å². The number of nitrogens with one attached hydrogen (secondary N) is 2. The molecule has 1 aromatic carbocycles.